The van der Waals surface area contributed by atoms with E-state index in [4.69, 9.17) is 12.6 Å². The van der Waals surface area contributed by atoms with Gasteiger partial charge in [-0.2, -0.15) is 0 Å². The number of carbonyl (C=O) groups is 2. The highest BCUT2D eigenvalue weighted by Crippen LogP contribution is 2.25. The molecule has 1 saturated heterocycles. The first-order valence-corrected chi connectivity index (χ1v) is 11.4. The Morgan fingerprint density at radius 1 is 1.21 bits per heavy atom. The lowest BCUT2D eigenvalue weighted by atomic mass is 9.91. The molecule has 2 radical (unpaired) electrons. The van der Waals surface area contributed by atoms with Gasteiger partial charge in [-0.05, 0) is 18.2 Å². The first kappa shape index (κ1) is 22.7. The summed E-state index contributed by atoms with van der Waals surface area (Å²) in [6.45, 7) is 1.53. The fourth-order valence-corrected chi connectivity index (χ4v) is 4.29. The van der Waals surface area contributed by atoms with Crippen molar-refractivity contribution in [1.29, 1.82) is 0 Å². The molecule has 0 unspecified atom stereocenters. The third kappa shape index (κ3) is 5.48. The second-order valence-electron chi connectivity index (χ2n) is 7.81. The molecule has 0 spiro atoms. The van der Waals surface area contributed by atoms with Crippen molar-refractivity contribution < 1.29 is 14.3 Å². The molecule has 33 heavy (non-hydrogen) atoms. The van der Waals surface area contributed by atoms with Crippen LogP contribution in [0.15, 0.2) is 42.0 Å². The minimum atomic E-state index is -0.352. The number of thiazole rings is 1. The van der Waals surface area contributed by atoms with Crippen LogP contribution in [-0.4, -0.2) is 72.8 Å². The minimum Gasteiger partial charge on any atom is -0.460 e. The Morgan fingerprint density at radius 2 is 1.94 bits per heavy atom. The average Bonchev–Trinajstić information content (AvgIpc) is 3.31. The second kappa shape index (κ2) is 9.99. The van der Waals surface area contributed by atoms with Crippen LogP contribution in [0.4, 0.5) is 10.8 Å². The van der Waals surface area contributed by atoms with E-state index in [1.807, 2.05) is 0 Å². The molecule has 9 nitrogen and oxygen atoms in total. The lowest BCUT2D eigenvalue weighted by Crippen LogP contribution is -2.38. The number of rotatable bonds is 6. The van der Waals surface area contributed by atoms with Crippen LogP contribution in [0.2, 0.25) is 0 Å². The molecule has 0 bridgehead atoms. The van der Waals surface area contributed by atoms with Gasteiger partial charge in [-0.25, -0.2) is 15.0 Å². The summed E-state index contributed by atoms with van der Waals surface area (Å²) in [5.74, 6) is -0.510. The number of anilines is 2. The van der Waals surface area contributed by atoms with Gasteiger partial charge in [0.1, 0.15) is 19.6 Å². The number of amides is 2. The van der Waals surface area contributed by atoms with E-state index in [1.54, 1.807) is 56.1 Å². The van der Waals surface area contributed by atoms with Crippen molar-refractivity contribution >= 4 is 47.3 Å². The number of carbonyl (C=O) groups excluding carboxylic acids is 2. The van der Waals surface area contributed by atoms with Crippen LogP contribution in [0.3, 0.4) is 0 Å². The fourth-order valence-electron chi connectivity index (χ4n) is 3.43. The number of nitrogens with zero attached hydrogens (tertiary/aromatic N) is 5. The van der Waals surface area contributed by atoms with Gasteiger partial charge in [-0.3, -0.25) is 9.59 Å². The molecule has 3 heterocycles. The summed E-state index contributed by atoms with van der Waals surface area (Å²) in [5, 5.41) is 5.29. The number of nitrogens with one attached hydrogen (secondary N) is 1. The summed E-state index contributed by atoms with van der Waals surface area (Å²) in [6, 6.07) is 6.95. The van der Waals surface area contributed by atoms with Gasteiger partial charge in [0.2, 0.25) is 0 Å². The highest BCUT2D eigenvalue weighted by atomic mass is 32.1. The zero-order valence-corrected chi connectivity index (χ0v) is 19.2. The molecule has 1 aliphatic heterocycles. The van der Waals surface area contributed by atoms with Crippen molar-refractivity contribution in [2.24, 2.45) is 0 Å². The monoisotopic (exact) mass is 462 g/mol. The van der Waals surface area contributed by atoms with Crippen LogP contribution in [0.5, 0.6) is 6.01 Å². The molecule has 4 rings (SSSR count). The van der Waals surface area contributed by atoms with Gasteiger partial charge in [-0.1, -0.05) is 11.5 Å². The quantitative estimate of drug-likeness (QED) is 0.557. The smallest absolute Gasteiger partial charge is 0.316 e. The van der Waals surface area contributed by atoms with Gasteiger partial charge in [0.15, 0.2) is 5.13 Å². The lowest BCUT2D eigenvalue weighted by molar-refractivity contribution is 0.0827. The van der Waals surface area contributed by atoms with Crippen LogP contribution in [-0.2, 0) is 0 Å². The molecule has 1 fully saturated rings. The van der Waals surface area contributed by atoms with Crippen molar-refractivity contribution in [2.75, 3.05) is 37.4 Å². The lowest BCUT2D eigenvalue weighted by Gasteiger charge is -2.31. The standard InChI is InChI=1S/C22H23BN6O3S/c1-28(2)20(31)14-4-5-17(16(23)12-14)26-19(30)18-13-33-22(27-18)29-10-6-15(7-11-29)32-21-24-8-3-9-25-21/h3-5,8-9,12-13,15H,6-7,10-11H2,1-2H3,(H,26,30). The second-order valence-corrected chi connectivity index (χ2v) is 8.64. The number of hydrogen-bond donors (Lipinski definition) is 1. The van der Waals surface area contributed by atoms with Gasteiger partial charge in [0, 0.05) is 69.1 Å². The molecule has 0 aliphatic carbocycles. The number of benzene rings is 1. The van der Waals surface area contributed by atoms with Crippen LogP contribution in [0.1, 0.15) is 33.7 Å². The first-order chi connectivity index (χ1) is 15.9. The van der Waals surface area contributed by atoms with E-state index in [0.29, 0.717) is 28.4 Å². The molecule has 2 aromatic heterocycles. The van der Waals surface area contributed by atoms with E-state index in [-0.39, 0.29) is 17.9 Å². The minimum absolute atomic E-state index is 0.0525. The Bertz CT molecular complexity index is 1130. The zero-order chi connectivity index (χ0) is 23.4. The van der Waals surface area contributed by atoms with E-state index in [1.165, 1.54) is 16.2 Å². The molecule has 3 aromatic rings. The Labute approximate surface area is 197 Å². The number of piperidine rings is 1. The number of ether oxygens (including phenoxy) is 1. The zero-order valence-electron chi connectivity index (χ0n) is 18.4. The third-order valence-electron chi connectivity index (χ3n) is 5.20. The summed E-state index contributed by atoms with van der Waals surface area (Å²) in [5.41, 5.74) is 1.53. The fraction of sp³-hybridized carbons (Fsp3) is 0.318. The van der Waals surface area contributed by atoms with Crippen molar-refractivity contribution in [1.82, 2.24) is 19.9 Å². The predicted molar refractivity (Wildman–Crippen MR) is 128 cm³/mol. The Balaban J connectivity index is 1.34. The molecular weight excluding hydrogens is 439 g/mol. The Morgan fingerprint density at radius 3 is 2.61 bits per heavy atom. The maximum absolute atomic E-state index is 12.7. The molecule has 1 aliphatic rings. The highest BCUT2D eigenvalue weighted by Gasteiger charge is 2.24. The van der Waals surface area contributed by atoms with Crippen LogP contribution < -0.4 is 20.4 Å². The van der Waals surface area contributed by atoms with Crippen LogP contribution in [0.25, 0.3) is 0 Å². The predicted octanol–water partition coefficient (Wildman–Crippen LogP) is 1.73. The van der Waals surface area contributed by atoms with Crippen LogP contribution >= 0.6 is 11.3 Å². The van der Waals surface area contributed by atoms with E-state index in [2.05, 4.69) is 25.2 Å². The van der Waals surface area contributed by atoms with Gasteiger partial charge in [-0.15, -0.1) is 11.3 Å². The molecule has 168 valence electrons. The molecule has 1 aromatic carbocycles. The van der Waals surface area contributed by atoms with Gasteiger partial charge in [0.05, 0.1) is 0 Å². The van der Waals surface area contributed by atoms with Gasteiger partial charge >= 0.3 is 6.01 Å². The van der Waals surface area contributed by atoms with Crippen molar-refractivity contribution in [3.8, 4) is 6.01 Å². The van der Waals surface area contributed by atoms with E-state index in [0.717, 1.165) is 31.1 Å². The summed E-state index contributed by atoms with van der Waals surface area (Å²) < 4.78 is 5.83. The molecule has 11 heteroatoms. The molecular formula is C22H23BN6O3S. The van der Waals surface area contributed by atoms with Crippen LogP contribution in [0, 0.1) is 0 Å². The van der Waals surface area contributed by atoms with Crippen molar-refractivity contribution in [3.05, 3.63) is 53.3 Å². The first-order valence-electron chi connectivity index (χ1n) is 10.5. The largest absolute Gasteiger partial charge is 0.460 e. The third-order valence-corrected chi connectivity index (χ3v) is 6.11. The molecule has 0 atom stereocenters. The maximum Gasteiger partial charge on any atom is 0.316 e. The average molecular weight is 462 g/mol. The molecule has 2 amide bonds. The summed E-state index contributed by atoms with van der Waals surface area (Å²) in [7, 11) is 9.38. The number of hydrogen-bond acceptors (Lipinski definition) is 8. The Hall–Kier alpha value is -3.47. The summed E-state index contributed by atoms with van der Waals surface area (Å²) in [6.07, 6.45) is 4.99. The van der Waals surface area contributed by atoms with Crippen molar-refractivity contribution in [3.63, 3.8) is 0 Å². The number of aromatic nitrogens is 3. The van der Waals surface area contributed by atoms with E-state index in [9.17, 15) is 9.59 Å². The molecule has 1 N–H and O–H groups in total. The van der Waals surface area contributed by atoms with Gasteiger partial charge in [0.25, 0.3) is 11.8 Å². The topological polar surface area (TPSA) is 101 Å². The summed E-state index contributed by atoms with van der Waals surface area (Å²) >= 11 is 1.42. The van der Waals surface area contributed by atoms with Gasteiger partial charge < -0.3 is 19.9 Å². The maximum atomic E-state index is 12.7. The van der Waals surface area contributed by atoms with E-state index >= 15 is 0 Å². The normalized spacial score (nSPS) is 14.1. The Kier molecular flexibility index (Phi) is 6.88. The summed E-state index contributed by atoms with van der Waals surface area (Å²) in [4.78, 5) is 41.1. The SMILES string of the molecule is [B]c1cc(C(=O)N(C)C)ccc1NC(=O)c1csc(N2CCC(Oc3ncccn3)CC2)n1. The molecule has 0 saturated carbocycles. The van der Waals surface area contributed by atoms with Crippen molar-refractivity contribution in [2.45, 2.75) is 18.9 Å². The van der Waals surface area contributed by atoms with E-state index < -0.39 is 0 Å². The highest BCUT2D eigenvalue weighted by molar-refractivity contribution is 7.14.